The van der Waals surface area contributed by atoms with Crippen molar-refractivity contribution in [1.29, 1.82) is 0 Å². The van der Waals surface area contributed by atoms with Gasteiger partial charge >= 0.3 is 0 Å². The highest BCUT2D eigenvalue weighted by molar-refractivity contribution is 7.92. The van der Waals surface area contributed by atoms with Crippen molar-refractivity contribution in [3.63, 3.8) is 0 Å². The molecule has 0 amide bonds. The standard InChI is InChI=1S/C14H16N2O4S/c1-20-10-12-4-2-3-5-13(12)16-21(18,19)14-7-6-11(9-17)8-15-14/h2-8,16-17H,9-10H2,1H3. The molecule has 21 heavy (non-hydrogen) atoms. The zero-order valence-electron chi connectivity index (χ0n) is 11.5. The molecule has 0 saturated carbocycles. The Labute approximate surface area is 123 Å². The van der Waals surface area contributed by atoms with Crippen LogP contribution >= 0.6 is 0 Å². The van der Waals surface area contributed by atoms with Crippen LogP contribution in [0.25, 0.3) is 0 Å². The van der Waals surface area contributed by atoms with Crippen LogP contribution < -0.4 is 4.72 Å². The van der Waals surface area contributed by atoms with E-state index in [1.54, 1.807) is 31.4 Å². The van der Waals surface area contributed by atoms with Crippen LogP contribution in [0.1, 0.15) is 11.1 Å². The maximum Gasteiger partial charge on any atom is 0.279 e. The molecule has 0 radical (unpaired) electrons. The Balaban J connectivity index is 2.28. The highest BCUT2D eigenvalue weighted by Crippen LogP contribution is 2.20. The van der Waals surface area contributed by atoms with E-state index in [0.29, 0.717) is 17.9 Å². The second kappa shape index (κ2) is 6.66. The van der Waals surface area contributed by atoms with Crippen molar-refractivity contribution in [1.82, 2.24) is 4.98 Å². The quantitative estimate of drug-likeness (QED) is 0.844. The van der Waals surface area contributed by atoms with Gasteiger partial charge in [-0.15, -0.1) is 0 Å². The summed E-state index contributed by atoms with van der Waals surface area (Å²) in [6, 6.07) is 9.85. The minimum absolute atomic E-state index is 0.105. The first kappa shape index (κ1) is 15.4. The Morgan fingerprint density at radius 1 is 1.24 bits per heavy atom. The zero-order chi connectivity index (χ0) is 15.3. The summed E-state index contributed by atoms with van der Waals surface area (Å²) >= 11 is 0. The number of methoxy groups -OCH3 is 1. The molecule has 0 atom stereocenters. The smallest absolute Gasteiger partial charge is 0.279 e. The molecular formula is C14H16N2O4S. The predicted molar refractivity (Wildman–Crippen MR) is 78.1 cm³/mol. The number of aromatic nitrogens is 1. The number of anilines is 1. The molecule has 2 N–H and O–H groups in total. The number of pyridine rings is 1. The number of para-hydroxylation sites is 1. The van der Waals surface area contributed by atoms with Crippen molar-refractivity contribution >= 4 is 15.7 Å². The molecule has 0 aliphatic carbocycles. The summed E-state index contributed by atoms with van der Waals surface area (Å²) in [5.74, 6) is 0. The van der Waals surface area contributed by atoms with E-state index in [1.165, 1.54) is 18.3 Å². The highest BCUT2D eigenvalue weighted by Gasteiger charge is 2.17. The molecule has 0 aliphatic heterocycles. The predicted octanol–water partition coefficient (Wildman–Crippen LogP) is 1.52. The third kappa shape index (κ3) is 3.78. The normalized spacial score (nSPS) is 11.3. The lowest BCUT2D eigenvalue weighted by Gasteiger charge is -2.11. The summed E-state index contributed by atoms with van der Waals surface area (Å²) in [7, 11) is -2.24. The van der Waals surface area contributed by atoms with Gasteiger partial charge in [0.2, 0.25) is 0 Å². The van der Waals surface area contributed by atoms with E-state index < -0.39 is 10.0 Å². The van der Waals surface area contributed by atoms with Gasteiger partial charge in [-0.3, -0.25) is 4.72 Å². The minimum Gasteiger partial charge on any atom is -0.392 e. The van der Waals surface area contributed by atoms with Crippen molar-refractivity contribution in [3.05, 3.63) is 53.7 Å². The monoisotopic (exact) mass is 308 g/mol. The Morgan fingerprint density at radius 2 is 2.00 bits per heavy atom. The van der Waals surface area contributed by atoms with E-state index in [9.17, 15) is 8.42 Å². The summed E-state index contributed by atoms with van der Waals surface area (Å²) in [5, 5.41) is 8.84. The maximum atomic E-state index is 12.3. The van der Waals surface area contributed by atoms with Crippen LogP contribution in [0.2, 0.25) is 0 Å². The van der Waals surface area contributed by atoms with Crippen molar-refractivity contribution < 1.29 is 18.3 Å². The number of aliphatic hydroxyl groups is 1. The molecule has 112 valence electrons. The number of nitrogens with one attached hydrogen (secondary N) is 1. The average molecular weight is 308 g/mol. The molecule has 1 aromatic heterocycles. The number of aliphatic hydroxyl groups excluding tert-OH is 1. The van der Waals surface area contributed by atoms with Gasteiger partial charge in [-0.1, -0.05) is 24.3 Å². The lowest BCUT2D eigenvalue weighted by Crippen LogP contribution is -2.15. The molecule has 0 unspecified atom stereocenters. The van der Waals surface area contributed by atoms with E-state index in [-0.39, 0.29) is 11.6 Å². The Hall–Kier alpha value is -1.96. The molecule has 1 heterocycles. The molecule has 2 aromatic rings. The van der Waals surface area contributed by atoms with Gasteiger partial charge in [0, 0.05) is 18.9 Å². The Morgan fingerprint density at radius 3 is 2.62 bits per heavy atom. The van der Waals surface area contributed by atoms with Crippen molar-refractivity contribution in [2.75, 3.05) is 11.8 Å². The molecule has 0 spiro atoms. The molecule has 0 bridgehead atoms. The van der Waals surface area contributed by atoms with Gasteiger partial charge < -0.3 is 9.84 Å². The number of sulfonamides is 1. The minimum atomic E-state index is -3.78. The third-order valence-electron chi connectivity index (χ3n) is 2.82. The van der Waals surface area contributed by atoms with Crippen LogP contribution in [0.3, 0.4) is 0 Å². The first-order valence-corrected chi connectivity index (χ1v) is 7.70. The number of ether oxygens (including phenoxy) is 1. The molecule has 0 aliphatic rings. The van der Waals surface area contributed by atoms with Crippen LogP contribution in [0.15, 0.2) is 47.6 Å². The largest absolute Gasteiger partial charge is 0.392 e. The van der Waals surface area contributed by atoms with Gasteiger partial charge in [-0.2, -0.15) is 8.42 Å². The second-order valence-corrected chi connectivity index (χ2v) is 5.99. The number of rotatable bonds is 6. The fourth-order valence-corrected chi connectivity index (χ4v) is 2.79. The lowest BCUT2D eigenvalue weighted by molar-refractivity contribution is 0.185. The highest BCUT2D eigenvalue weighted by atomic mass is 32.2. The third-order valence-corrected chi connectivity index (χ3v) is 4.10. The first-order chi connectivity index (χ1) is 10.1. The van der Waals surface area contributed by atoms with Crippen molar-refractivity contribution in [2.45, 2.75) is 18.2 Å². The van der Waals surface area contributed by atoms with Crippen LogP contribution in [0.4, 0.5) is 5.69 Å². The molecular weight excluding hydrogens is 292 g/mol. The molecule has 6 nitrogen and oxygen atoms in total. The van der Waals surface area contributed by atoms with E-state index in [4.69, 9.17) is 9.84 Å². The summed E-state index contributed by atoms with van der Waals surface area (Å²) in [5.41, 5.74) is 1.73. The van der Waals surface area contributed by atoms with Crippen LogP contribution in [-0.2, 0) is 28.0 Å². The van der Waals surface area contributed by atoms with Gasteiger partial charge in [0.25, 0.3) is 10.0 Å². The zero-order valence-corrected chi connectivity index (χ0v) is 12.3. The van der Waals surface area contributed by atoms with Crippen molar-refractivity contribution in [3.8, 4) is 0 Å². The molecule has 7 heteroatoms. The average Bonchev–Trinajstić information content (AvgIpc) is 2.49. The maximum absolute atomic E-state index is 12.3. The van der Waals surface area contributed by atoms with Gasteiger partial charge in [0.05, 0.1) is 18.9 Å². The number of hydrogen-bond acceptors (Lipinski definition) is 5. The number of benzene rings is 1. The summed E-state index contributed by atoms with van der Waals surface area (Å²) < 4.78 is 32.1. The molecule has 0 fully saturated rings. The van der Waals surface area contributed by atoms with Crippen LogP contribution in [-0.4, -0.2) is 25.6 Å². The summed E-state index contributed by atoms with van der Waals surface area (Å²) in [6.45, 7) is 0.118. The van der Waals surface area contributed by atoms with E-state index in [2.05, 4.69) is 9.71 Å². The fraction of sp³-hybridized carbons (Fsp3) is 0.214. The van der Waals surface area contributed by atoms with Crippen LogP contribution in [0.5, 0.6) is 0 Å². The van der Waals surface area contributed by atoms with Crippen molar-refractivity contribution in [2.24, 2.45) is 0 Å². The second-order valence-electron chi connectivity index (χ2n) is 4.36. The van der Waals surface area contributed by atoms with E-state index >= 15 is 0 Å². The van der Waals surface area contributed by atoms with Gasteiger partial charge in [-0.25, -0.2) is 4.98 Å². The Kier molecular flexibility index (Phi) is 4.89. The number of hydrogen-bond donors (Lipinski definition) is 2. The summed E-state index contributed by atoms with van der Waals surface area (Å²) in [4.78, 5) is 3.85. The summed E-state index contributed by atoms with van der Waals surface area (Å²) in [6.07, 6.45) is 1.33. The fourth-order valence-electron chi connectivity index (χ4n) is 1.76. The molecule has 2 rings (SSSR count). The van der Waals surface area contributed by atoms with E-state index in [0.717, 1.165) is 5.56 Å². The van der Waals surface area contributed by atoms with Gasteiger partial charge in [0.15, 0.2) is 5.03 Å². The SMILES string of the molecule is COCc1ccccc1NS(=O)(=O)c1ccc(CO)cn1. The topological polar surface area (TPSA) is 88.5 Å². The number of nitrogens with zero attached hydrogens (tertiary/aromatic N) is 1. The van der Waals surface area contributed by atoms with E-state index in [1.807, 2.05) is 0 Å². The lowest BCUT2D eigenvalue weighted by atomic mass is 10.2. The van der Waals surface area contributed by atoms with Gasteiger partial charge in [-0.05, 0) is 17.7 Å². The Bertz CT molecular complexity index is 699. The first-order valence-electron chi connectivity index (χ1n) is 6.22. The molecule has 1 aromatic carbocycles. The van der Waals surface area contributed by atoms with Crippen LogP contribution in [0, 0.1) is 0 Å². The molecule has 0 saturated heterocycles. The van der Waals surface area contributed by atoms with Gasteiger partial charge in [0.1, 0.15) is 0 Å².